The van der Waals surface area contributed by atoms with Crippen LogP contribution < -0.4 is 5.32 Å². The van der Waals surface area contributed by atoms with Crippen molar-refractivity contribution in [3.8, 4) is 0 Å². The number of nitrogens with zero attached hydrogens (tertiary/aromatic N) is 2. The lowest BCUT2D eigenvalue weighted by molar-refractivity contribution is 0.102. The Labute approximate surface area is 137 Å². The fourth-order valence-corrected chi connectivity index (χ4v) is 2.75. The fraction of sp³-hybridized carbons (Fsp3) is 0.125. The molecule has 0 saturated carbocycles. The second kappa shape index (κ2) is 5.63. The zero-order valence-corrected chi connectivity index (χ0v) is 13.5. The second-order valence-electron chi connectivity index (χ2n) is 4.98. The monoisotopic (exact) mass is 333 g/mol. The number of aromatic nitrogens is 2. The summed E-state index contributed by atoms with van der Waals surface area (Å²) in [6.07, 6.45) is 1.91. The van der Waals surface area contributed by atoms with Gasteiger partial charge in [-0.3, -0.25) is 4.79 Å². The van der Waals surface area contributed by atoms with Crippen molar-refractivity contribution >= 4 is 40.4 Å². The highest BCUT2D eigenvalue weighted by molar-refractivity contribution is 6.37. The number of imidazole rings is 1. The number of amides is 1. The van der Waals surface area contributed by atoms with Crippen molar-refractivity contribution in [2.75, 3.05) is 5.32 Å². The van der Waals surface area contributed by atoms with Crippen molar-refractivity contribution in [1.29, 1.82) is 0 Å². The number of nitrogens with one attached hydrogen (secondary N) is 1. The maximum absolute atomic E-state index is 12.4. The Kier molecular flexibility index (Phi) is 3.81. The molecule has 0 saturated heterocycles. The fourth-order valence-electron chi connectivity index (χ4n) is 2.26. The molecule has 22 heavy (non-hydrogen) atoms. The summed E-state index contributed by atoms with van der Waals surface area (Å²) in [5.74, 6) is -0.298. The van der Waals surface area contributed by atoms with Gasteiger partial charge in [0.2, 0.25) is 0 Å². The van der Waals surface area contributed by atoms with Crippen LogP contribution >= 0.6 is 23.2 Å². The quantitative estimate of drug-likeness (QED) is 0.749. The Morgan fingerprint density at radius 1 is 1.23 bits per heavy atom. The van der Waals surface area contributed by atoms with Crippen molar-refractivity contribution in [1.82, 2.24) is 9.38 Å². The molecule has 0 spiro atoms. The van der Waals surface area contributed by atoms with Crippen LogP contribution in [0.1, 0.15) is 21.7 Å². The molecule has 6 heteroatoms. The summed E-state index contributed by atoms with van der Waals surface area (Å²) in [5.41, 5.74) is 3.67. The van der Waals surface area contributed by atoms with Crippen molar-refractivity contribution in [3.05, 3.63) is 63.5 Å². The third-order valence-corrected chi connectivity index (χ3v) is 4.10. The van der Waals surface area contributed by atoms with E-state index in [4.69, 9.17) is 23.2 Å². The lowest BCUT2D eigenvalue weighted by Gasteiger charge is -2.08. The topological polar surface area (TPSA) is 46.4 Å². The summed E-state index contributed by atoms with van der Waals surface area (Å²) >= 11 is 11.9. The first-order valence-corrected chi connectivity index (χ1v) is 7.43. The zero-order chi connectivity index (χ0) is 15.9. The van der Waals surface area contributed by atoms with Gasteiger partial charge < -0.3 is 9.72 Å². The molecular formula is C16H13Cl2N3O. The number of pyridine rings is 1. The van der Waals surface area contributed by atoms with Gasteiger partial charge in [0.25, 0.3) is 5.91 Å². The number of aryl methyl sites for hydroxylation is 2. The summed E-state index contributed by atoms with van der Waals surface area (Å²) in [7, 11) is 0. The van der Waals surface area contributed by atoms with Gasteiger partial charge in [-0.2, -0.15) is 0 Å². The highest BCUT2D eigenvalue weighted by Gasteiger charge is 2.14. The molecule has 2 heterocycles. The van der Waals surface area contributed by atoms with E-state index < -0.39 is 0 Å². The molecule has 0 radical (unpaired) electrons. The molecule has 0 bridgehead atoms. The van der Waals surface area contributed by atoms with Gasteiger partial charge >= 0.3 is 0 Å². The highest BCUT2D eigenvalue weighted by Crippen LogP contribution is 2.24. The molecule has 0 aliphatic heterocycles. The molecule has 1 aromatic carbocycles. The number of rotatable bonds is 2. The first-order chi connectivity index (χ1) is 10.5. The molecule has 0 aliphatic rings. The molecule has 3 aromatic rings. The molecule has 0 unspecified atom stereocenters. The lowest BCUT2D eigenvalue weighted by Crippen LogP contribution is -2.13. The number of carbonyl (C=O) groups excluding carboxylic acids is 1. The Bertz CT molecular complexity index is 886. The van der Waals surface area contributed by atoms with Crippen LogP contribution in [-0.4, -0.2) is 15.3 Å². The Morgan fingerprint density at radius 3 is 2.73 bits per heavy atom. The van der Waals surface area contributed by atoms with Crippen LogP contribution in [0.3, 0.4) is 0 Å². The number of fused-ring (bicyclic) bond motifs is 1. The summed E-state index contributed by atoms with van der Waals surface area (Å²) in [6.45, 7) is 3.92. The Hall–Kier alpha value is -2.04. The van der Waals surface area contributed by atoms with E-state index in [-0.39, 0.29) is 5.91 Å². The van der Waals surface area contributed by atoms with Gasteiger partial charge in [0, 0.05) is 16.9 Å². The normalized spacial score (nSPS) is 10.9. The van der Waals surface area contributed by atoms with Crippen LogP contribution in [0, 0.1) is 13.8 Å². The maximum Gasteiger partial charge on any atom is 0.257 e. The van der Waals surface area contributed by atoms with Crippen LogP contribution in [-0.2, 0) is 0 Å². The first kappa shape index (κ1) is 14.9. The molecule has 4 nitrogen and oxygen atoms in total. The van der Waals surface area contributed by atoms with Gasteiger partial charge in [0.1, 0.15) is 0 Å². The van der Waals surface area contributed by atoms with Gasteiger partial charge in [-0.25, -0.2) is 4.98 Å². The number of hydrogen-bond donors (Lipinski definition) is 1. The third-order valence-electron chi connectivity index (χ3n) is 3.55. The molecule has 1 amide bonds. The summed E-state index contributed by atoms with van der Waals surface area (Å²) < 4.78 is 1.94. The number of halogens is 2. The van der Waals surface area contributed by atoms with E-state index in [0.717, 1.165) is 11.4 Å². The molecule has 0 atom stereocenters. The predicted molar refractivity (Wildman–Crippen MR) is 89.1 cm³/mol. The molecule has 0 fully saturated rings. The molecule has 112 valence electrons. The summed E-state index contributed by atoms with van der Waals surface area (Å²) in [4.78, 5) is 16.9. The molecular weight excluding hydrogens is 321 g/mol. The SMILES string of the molecule is Cc1nc2c(NC(=O)c3ccc(Cl)cc3Cl)cccn2c1C. The highest BCUT2D eigenvalue weighted by atomic mass is 35.5. The van der Waals surface area contributed by atoms with E-state index in [9.17, 15) is 4.79 Å². The largest absolute Gasteiger partial charge is 0.319 e. The van der Waals surface area contributed by atoms with Crippen LogP contribution in [0.2, 0.25) is 10.0 Å². The van der Waals surface area contributed by atoms with Crippen LogP contribution in [0.4, 0.5) is 5.69 Å². The molecule has 2 aromatic heterocycles. The van der Waals surface area contributed by atoms with Crippen molar-refractivity contribution < 1.29 is 4.79 Å². The van der Waals surface area contributed by atoms with Crippen molar-refractivity contribution in [2.45, 2.75) is 13.8 Å². The number of carbonyl (C=O) groups is 1. The molecule has 3 rings (SSSR count). The molecule has 1 N–H and O–H groups in total. The van der Waals surface area contributed by atoms with Gasteiger partial charge in [-0.1, -0.05) is 23.2 Å². The van der Waals surface area contributed by atoms with Gasteiger partial charge in [0.15, 0.2) is 5.65 Å². The van der Waals surface area contributed by atoms with Crippen LogP contribution in [0.15, 0.2) is 36.5 Å². The maximum atomic E-state index is 12.4. The van der Waals surface area contributed by atoms with Crippen LogP contribution in [0.25, 0.3) is 5.65 Å². The number of anilines is 1. The average molecular weight is 334 g/mol. The van der Waals surface area contributed by atoms with Gasteiger partial charge in [-0.15, -0.1) is 0 Å². The Balaban J connectivity index is 1.99. The van der Waals surface area contributed by atoms with E-state index in [2.05, 4.69) is 10.3 Å². The predicted octanol–water partition coefficient (Wildman–Crippen LogP) is 4.51. The van der Waals surface area contributed by atoms with Crippen LogP contribution in [0.5, 0.6) is 0 Å². The lowest BCUT2D eigenvalue weighted by atomic mass is 10.2. The summed E-state index contributed by atoms with van der Waals surface area (Å²) in [6, 6.07) is 8.44. The Morgan fingerprint density at radius 2 is 2.00 bits per heavy atom. The van der Waals surface area contributed by atoms with Crippen molar-refractivity contribution in [2.24, 2.45) is 0 Å². The summed E-state index contributed by atoms with van der Waals surface area (Å²) in [5, 5.41) is 3.65. The van der Waals surface area contributed by atoms with Gasteiger partial charge in [0.05, 0.1) is 22.0 Å². The zero-order valence-electron chi connectivity index (χ0n) is 12.0. The minimum atomic E-state index is -0.298. The molecule has 0 aliphatic carbocycles. The number of hydrogen-bond acceptors (Lipinski definition) is 2. The third kappa shape index (κ3) is 2.56. The minimum absolute atomic E-state index is 0.298. The van der Waals surface area contributed by atoms with E-state index in [1.807, 2.05) is 36.6 Å². The number of benzene rings is 1. The van der Waals surface area contributed by atoms with Gasteiger partial charge in [-0.05, 0) is 44.2 Å². The average Bonchev–Trinajstić information content (AvgIpc) is 2.76. The smallest absolute Gasteiger partial charge is 0.257 e. The van der Waals surface area contributed by atoms with E-state index >= 15 is 0 Å². The van der Waals surface area contributed by atoms with E-state index in [1.54, 1.807) is 18.2 Å². The first-order valence-electron chi connectivity index (χ1n) is 6.68. The standard InChI is InChI=1S/C16H13Cl2N3O/c1-9-10(2)21-7-3-4-14(15(21)19-9)20-16(22)12-6-5-11(17)8-13(12)18/h3-8H,1-2H3,(H,20,22). The second-order valence-corrected chi connectivity index (χ2v) is 5.82. The minimum Gasteiger partial charge on any atom is -0.319 e. The van der Waals surface area contributed by atoms with E-state index in [1.165, 1.54) is 0 Å². The van der Waals surface area contributed by atoms with Crippen molar-refractivity contribution in [3.63, 3.8) is 0 Å². The van der Waals surface area contributed by atoms with E-state index in [0.29, 0.717) is 26.9 Å².